The number of quaternary nitrogens is 1. The molecular weight excluding hydrogens is 1770 g/mol. The average Bonchev–Trinajstić information content (AvgIpc) is 1.59. The lowest BCUT2D eigenvalue weighted by molar-refractivity contribution is -0.926. The van der Waals surface area contributed by atoms with E-state index in [9.17, 15) is 50.9 Å². The summed E-state index contributed by atoms with van der Waals surface area (Å²) in [4.78, 5) is 120. The molecule has 4 heterocycles. The molecule has 0 unspecified atom stereocenters. The Bertz CT molecular complexity index is 6110. The molecule has 133 heavy (non-hydrogen) atoms. The molecular formula is C98H108ClFN13O18S2+. The monoisotopic (exact) mass is 1870 g/mol. The number of benzene rings is 8. The van der Waals surface area contributed by atoms with Crippen molar-refractivity contribution in [3.63, 3.8) is 0 Å². The Kier molecular flexibility index (Phi) is 32.0. The molecule has 31 nitrogen and oxygen atoms in total. The van der Waals surface area contributed by atoms with E-state index in [2.05, 4.69) is 43.5 Å². The lowest BCUT2D eigenvalue weighted by Crippen LogP contribution is -2.57. The number of alkyl carbamates (subject to hydrolysis) is 2. The number of likely N-dealkylation sites (N-methyl/N-ethyl adjacent to an activating group) is 2. The van der Waals surface area contributed by atoms with Crippen molar-refractivity contribution in [1.82, 2.24) is 51.0 Å². The molecule has 1 saturated heterocycles. The maximum atomic E-state index is 14.9. The average molecular weight is 1870 g/mol. The molecule has 2 aliphatic rings. The highest BCUT2D eigenvalue weighted by Gasteiger charge is 2.38. The van der Waals surface area contributed by atoms with E-state index < -0.39 is 99.3 Å². The number of esters is 1. The van der Waals surface area contributed by atoms with Crippen molar-refractivity contribution >= 4 is 90.9 Å². The first kappa shape index (κ1) is 97.2. The summed E-state index contributed by atoms with van der Waals surface area (Å²) in [6.45, 7) is 13.4. The fourth-order valence-corrected chi connectivity index (χ4v) is 18.1. The summed E-state index contributed by atoms with van der Waals surface area (Å²) < 4.78 is 99.4. The zero-order valence-corrected chi connectivity index (χ0v) is 77.8. The first-order chi connectivity index (χ1) is 63.7. The van der Waals surface area contributed by atoms with E-state index in [0.717, 1.165) is 27.8 Å². The molecule has 11 aromatic rings. The van der Waals surface area contributed by atoms with Gasteiger partial charge in [-0.1, -0.05) is 141 Å². The number of para-hydroxylation sites is 2. The molecule has 0 saturated carbocycles. The van der Waals surface area contributed by atoms with Gasteiger partial charge in [0.15, 0.2) is 5.82 Å². The van der Waals surface area contributed by atoms with Gasteiger partial charge in [-0.05, 0) is 169 Å². The number of anilines is 1. The van der Waals surface area contributed by atoms with E-state index >= 15 is 0 Å². The van der Waals surface area contributed by atoms with Crippen LogP contribution in [0.1, 0.15) is 98.0 Å². The maximum Gasteiger partial charge on any atom is 0.408 e. The van der Waals surface area contributed by atoms with Gasteiger partial charge in [0, 0.05) is 80.0 Å². The Morgan fingerprint density at radius 2 is 1.41 bits per heavy atom. The van der Waals surface area contributed by atoms with E-state index in [4.69, 9.17) is 70.2 Å². The lowest BCUT2D eigenvalue weighted by atomic mass is 9.96. The first-order valence-electron chi connectivity index (χ1n) is 43.4. The molecule has 698 valence electrons. The standard InChI is InChI=1S/C98H107ClFN13O18S2/c1-59(2)86(110-97(120)131-98(4,5)6)90(115)108-77(26-19-42-103-95(101)118)89(114)107-67-36-33-64(65(50-67)52-111(7)93(116)78(57-133(121,122)123)109-96(119)129-56-76-73-23-14-12-21-71(73)72-22-13-15-24-74(72)76)53-113(8)47-44-112(45-48-113)46-49-126-81-40-39-70(60(3)85(81)99)83-84-91(104-58-105-92(84)132-87(83)62-31-34-66(100)35-32-62)130-82(94(117)128-54-61-29-37-69(124-9)38-30-61)51-63-20-11-17-27-79(63)127-55-68-41-43-102-88(106-68)75-25-16-18-28-80(75)125-10/h11-18,20-25,27-41,43,50,58-59,76-78,82,86H,19,26,42,44-49,51-57H2,1-10H3,(H7-,101,103,107,108,109,110,114,115,118,119,120,121,122,123)/p+1/t77-,78-,82+,86-/m0/s1. The van der Waals surface area contributed by atoms with Gasteiger partial charge in [-0.25, -0.2) is 43.5 Å². The minimum absolute atomic E-state index is 0.00839. The largest absolute Gasteiger partial charge is 0.497 e. The lowest BCUT2D eigenvalue weighted by Gasteiger charge is -2.42. The number of nitrogens with one attached hydrogen (secondary N) is 5. The molecule has 8 aromatic carbocycles. The third kappa shape index (κ3) is 25.5. The number of carbonyl (C=O) groups is 7. The number of methoxy groups -OCH3 is 2. The molecule has 3 aromatic heterocycles. The number of piperazine rings is 1. The summed E-state index contributed by atoms with van der Waals surface area (Å²) in [5.41, 5.74) is 14.8. The number of hydrogen-bond donors (Lipinski definition) is 7. The number of rotatable bonds is 39. The molecule has 0 radical (unpaired) electrons. The highest BCUT2D eigenvalue weighted by molar-refractivity contribution is 7.85. The third-order valence-corrected chi connectivity index (χ3v) is 25.3. The minimum Gasteiger partial charge on any atom is -0.497 e. The summed E-state index contributed by atoms with van der Waals surface area (Å²) in [5.74, 6) is -2.92. The molecule has 1 fully saturated rings. The van der Waals surface area contributed by atoms with Gasteiger partial charge in [0.25, 0.3) is 10.1 Å². The molecule has 0 bridgehead atoms. The van der Waals surface area contributed by atoms with Crippen LogP contribution in [0.2, 0.25) is 5.02 Å². The molecule has 1 aliphatic heterocycles. The number of ether oxygens (including phenoxy) is 8. The number of nitrogens with zero attached hydrogens (tertiary/aromatic N) is 7. The maximum absolute atomic E-state index is 14.9. The molecule has 8 N–H and O–H groups in total. The summed E-state index contributed by atoms with van der Waals surface area (Å²) in [5, 5.41) is 14.0. The third-order valence-electron chi connectivity index (χ3n) is 23.0. The predicted molar refractivity (Wildman–Crippen MR) is 502 cm³/mol. The number of amides is 7. The van der Waals surface area contributed by atoms with E-state index in [1.54, 1.807) is 128 Å². The van der Waals surface area contributed by atoms with Crippen LogP contribution < -0.4 is 56.0 Å². The van der Waals surface area contributed by atoms with Gasteiger partial charge in [-0.2, -0.15) is 8.42 Å². The van der Waals surface area contributed by atoms with Gasteiger partial charge >= 0.3 is 24.2 Å². The second kappa shape index (κ2) is 43.8. The van der Waals surface area contributed by atoms with Crippen LogP contribution >= 0.6 is 22.9 Å². The van der Waals surface area contributed by atoms with Gasteiger partial charge in [0.2, 0.25) is 29.7 Å². The number of primary amides is 1. The Balaban J connectivity index is 0.728. The zero-order chi connectivity index (χ0) is 94.8. The predicted octanol–water partition coefficient (Wildman–Crippen LogP) is 14.4. The molecule has 1 aliphatic carbocycles. The van der Waals surface area contributed by atoms with Crippen LogP contribution in [-0.2, 0) is 76.2 Å². The van der Waals surface area contributed by atoms with Gasteiger partial charge in [0.1, 0.15) is 102 Å². The van der Waals surface area contributed by atoms with Crippen LogP contribution in [0.3, 0.4) is 0 Å². The quantitative estimate of drug-likeness (QED) is 0.00618. The Morgan fingerprint density at radius 3 is 2.08 bits per heavy atom. The topological polar surface area (TPSA) is 392 Å². The smallest absolute Gasteiger partial charge is 0.408 e. The summed E-state index contributed by atoms with van der Waals surface area (Å²) in [6, 6.07) is 48.8. The van der Waals surface area contributed by atoms with Gasteiger partial charge < -0.3 is 79.6 Å². The normalized spacial score (nSPS) is 13.9. The van der Waals surface area contributed by atoms with Crippen molar-refractivity contribution in [1.29, 1.82) is 0 Å². The number of urea groups is 1. The zero-order valence-electron chi connectivity index (χ0n) is 75.4. The van der Waals surface area contributed by atoms with Crippen LogP contribution in [0.25, 0.3) is 54.3 Å². The Hall–Kier alpha value is -13.4. The van der Waals surface area contributed by atoms with E-state index in [1.807, 2.05) is 104 Å². The first-order valence-corrected chi connectivity index (χ1v) is 46.2. The van der Waals surface area contributed by atoms with Crippen molar-refractivity contribution in [2.45, 2.75) is 123 Å². The molecule has 35 heteroatoms. The van der Waals surface area contributed by atoms with E-state index in [0.29, 0.717) is 143 Å². The van der Waals surface area contributed by atoms with Crippen LogP contribution in [0, 0.1) is 18.7 Å². The summed E-state index contributed by atoms with van der Waals surface area (Å²) >= 11 is 8.77. The van der Waals surface area contributed by atoms with E-state index in [1.165, 1.54) is 41.7 Å². The van der Waals surface area contributed by atoms with Crippen molar-refractivity contribution in [3.05, 3.63) is 250 Å². The van der Waals surface area contributed by atoms with Crippen LogP contribution in [0.15, 0.2) is 195 Å². The van der Waals surface area contributed by atoms with Crippen molar-refractivity contribution in [3.8, 4) is 73.0 Å². The van der Waals surface area contributed by atoms with Crippen molar-refractivity contribution < 1.29 is 93.3 Å². The number of halogens is 2. The SMILES string of the molecule is COc1ccc(COC(=O)[C@@H](Cc2ccccc2OCc2ccnc(-c3ccccc3OC)n2)Oc2ncnc3sc(-c4ccc(F)cc4)c(-c4ccc(OCCN5CC[N+](C)(Cc6ccc(NC(=O)[C@H](CCCNC(N)=O)NC(=O)[C@@H](NC(=O)OC(C)(C)C)C(C)C)cc6CN(C)C(=O)[C@H](CS(=O)(=O)O)NC(=O)OCC6c7ccccc7-c7ccccc76)CC5)c(Cl)c4C)c23)cc1. The number of nitrogens with two attached hydrogens (primary N) is 1. The van der Waals surface area contributed by atoms with Crippen LogP contribution in [-0.4, -0.2) is 205 Å². The van der Waals surface area contributed by atoms with Gasteiger partial charge in [-0.15, -0.1) is 11.3 Å². The fraction of sp³-hybridized carbons (Fsp3) is 0.337. The van der Waals surface area contributed by atoms with E-state index in [-0.39, 0.29) is 76.3 Å². The Labute approximate surface area is 779 Å². The summed E-state index contributed by atoms with van der Waals surface area (Å²) in [7, 11) is 1.71. The van der Waals surface area contributed by atoms with Crippen molar-refractivity contribution in [2.24, 2.45) is 11.7 Å². The van der Waals surface area contributed by atoms with Gasteiger partial charge in [-0.3, -0.25) is 23.8 Å². The van der Waals surface area contributed by atoms with Crippen LogP contribution in [0.5, 0.6) is 28.9 Å². The second-order valence-electron chi connectivity index (χ2n) is 34.2. The molecule has 7 amide bonds. The second-order valence-corrected chi connectivity index (χ2v) is 37.0. The van der Waals surface area contributed by atoms with Crippen molar-refractivity contribution in [2.75, 3.05) is 91.9 Å². The minimum atomic E-state index is -4.93. The number of thiophene rings is 1. The molecule has 0 spiro atoms. The highest BCUT2D eigenvalue weighted by Crippen LogP contribution is 2.50. The number of fused-ring (bicyclic) bond motifs is 4. The van der Waals surface area contributed by atoms with Gasteiger partial charge in [0.05, 0.1) is 56.0 Å². The molecule has 13 rings (SSSR count). The number of carbonyl (C=O) groups excluding carboxylic acids is 7. The van der Waals surface area contributed by atoms with Crippen LogP contribution in [0.4, 0.5) is 24.5 Å². The molecule has 4 atom stereocenters. The number of hydrogen-bond acceptors (Lipinski definition) is 23. The summed E-state index contributed by atoms with van der Waals surface area (Å²) in [6.07, 6.45) is -0.187. The number of aromatic nitrogens is 4. The Morgan fingerprint density at radius 1 is 0.722 bits per heavy atom. The highest BCUT2D eigenvalue weighted by atomic mass is 35.5. The fourth-order valence-electron chi connectivity index (χ4n) is 16.1.